The maximum absolute atomic E-state index is 12.3. The Labute approximate surface area is 147 Å². The zero-order valence-corrected chi connectivity index (χ0v) is 15.1. The molecule has 0 unspecified atom stereocenters. The number of rotatable bonds is 6. The van der Waals surface area contributed by atoms with Gasteiger partial charge in [0.05, 0.1) is 11.1 Å². The van der Waals surface area contributed by atoms with Crippen molar-refractivity contribution in [2.45, 2.75) is 33.7 Å². The fourth-order valence-corrected chi connectivity index (χ4v) is 3.01. The van der Waals surface area contributed by atoms with Crippen molar-refractivity contribution >= 4 is 11.8 Å². The van der Waals surface area contributed by atoms with Crippen LogP contribution in [0.5, 0.6) is 5.75 Å². The number of phenols is 1. The molecule has 6 heteroatoms. The summed E-state index contributed by atoms with van der Waals surface area (Å²) in [6.07, 6.45) is 0. The Balaban J connectivity index is 1.88. The molecule has 0 saturated heterocycles. The molecule has 1 aromatic carbocycles. The number of aromatic nitrogens is 1. The van der Waals surface area contributed by atoms with E-state index in [0.29, 0.717) is 18.2 Å². The molecule has 25 heavy (non-hydrogen) atoms. The van der Waals surface area contributed by atoms with Crippen molar-refractivity contribution in [2.24, 2.45) is 0 Å². The molecule has 0 saturated carbocycles. The lowest BCUT2D eigenvalue weighted by molar-refractivity contribution is 0.0925. The molecular formula is C19H25N3O3. The molecule has 2 rings (SSSR count). The van der Waals surface area contributed by atoms with Gasteiger partial charge in [-0.05, 0) is 45.9 Å². The SMILES string of the molecule is Cc1cc(C(=O)NCCNC(=O)c2ccccc2O)c(C)n1C(C)C. The number of hydrogen-bond donors (Lipinski definition) is 3. The Morgan fingerprint density at radius 1 is 1.04 bits per heavy atom. The van der Waals surface area contributed by atoms with Gasteiger partial charge in [0, 0.05) is 30.5 Å². The molecule has 0 spiro atoms. The molecule has 0 bridgehead atoms. The van der Waals surface area contributed by atoms with Gasteiger partial charge in [0.15, 0.2) is 0 Å². The van der Waals surface area contributed by atoms with Crippen molar-refractivity contribution in [1.82, 2.24) is 15.2 Å². The van der Waals surface area contributed by atoms with Crippen LogP contribution in [-0.4, -0.2) is 34.6 Å². The van der Waals surface area contributed by atoms with Crippen molar-refractivity contribution in [3.8, 4) is 5.75 Å². The second kappa shape index (κ2) is 7.88. The second-order valence-corrected chi connectivity index (χ2v) is 6.28. The first kappa shape index (κ1) is 18.6. The molecule has 1 aromatic heterocycles. The third kappa shape index (κ3) is 4.21. The Morgan fingerprint density at radius 3 is 2.12 bits per heavy atom. The van der Waals surface area contributed by atoms with Crippen LogP contribution in [0.15, 0.2) is 30.3 Å². The first-order valence-electron chi connectivity index (χ1n) is 8.35. The molecule has 2 amide bonds. The van der Waals surface area contributed by atoms with Crippen LogP contribution >= 0.6 is 0 Å². The van der Waals surface area contributed by atoms with Crippen LogP contribution in [-0.2, 0) is 0 Å². The minimum Gasteiger partial charge on any atom is -0.507 e. The Bertz CT molecular complexity index is 778. The fraction of sp³-hybridized carbons (Fsp3) is 0.368. The van der Waals surface area contributed by atoms with Gasteiger partial charge in [-0.2, -0.15) is 0 Å². The molecule has 0 aliphatic carbocycles. The topological polar surface area (TPSA) is 83.4 Å². The summed E-state index contributed by atoms with van der Waals surface area (Å²) in [5.41, 5.74) is 2.85. The monoisotopic (exact) mass is 343 g/mol. The highest BCUT2D eigenvalue weighted by molar-refractivity contribution is 5.97. The van der Waals surface area contributed by atoms with Crippen molar-refractivity contribution in [1.29, 1.82) is 0 Å². The van der Waals surface area contributed by atoms with E-state index in [4.69, 9.17) is 0 Å². The zero-order chi connectivity index (χ0) is 18.6. The summed E-state index contributed by atoms with van der Waals surface area (Å²) in [4.78, 5) is 24.3. The smallest absolute Gasteiger partial charge is 0.255 e. The lowest BCUT2D eigenvalue weighted by Gasteiger charge is -2.13. The van der Waals surface area contributed by atoms with Crippen molar-refractivity contribution < 1.29 is 14.7 Å². The quantitative estimate of drug-likeness (QED) is 0.705. The number of nitrogens with zero attached hydrogens (tertiary/aromatic N) is 1. The van der Waals surface area contributed by atoms with Crippen LogP contribution in [0.3, 0.4) is 0 Å². The lowest BCUT2D eigenvalue weighted by Crippen LogP contribution is -2.34. The summed E-state index contributed by atoms with van der Waals surface area (Å²) in [6.45, 7) is 8.66. The predicted octanol–water partition coefficient (Wildman–Crippen LogP) is 2.55. The van der Waals surface area contributed by atoms with Crippen molar-refractivity contribution in [3.05, 3.63) is 52.8 Å². The predicted molar refractivity (Wildman–Crippen MR) is 97.1 cm³/mol. The van der Waals surface area contributed by atoms with E-state index in [0.717, 1.165) is 11.4 Å². The number of aromatic hydroxyl groups is 1. The van der Waals surface area contributed by atoms with E-state index in [9.17, 15) is 14.7 Å². The highest BCUT2D eigenvalue weighted by atomic mass is 16.3. The van der Waals surface area contributed by atoms with Crippen molar-refractivity contribution in [2.75, 3.05) is 13.1 Å². The molecule has 134 valence electrons. The highest BCUT2D eigenvalue weighted by Crippen LogP contribution is 2.20. The number of nitrogens with one attached hydrogen (secondary N) is 2. The molecule has 0 aliphatic rings. The van der Waals surface area contributed by atoms with Crippen LogP contribution in [0.1, 0.15) is 52.0 Å². The number of carbonyl (C=O) groups is 2. The van der Waals surface area contributed by atoms with Gasteiger partial charge in [-0.1, -0.05) is 12.1 Å². The van der Waals surface area contributed by atoms with Gasteiger partial charge in [0.1, 0.15) is 5.75 Å². The number of amides is 2. The van der Waals surface area contributed by atoms with E-state index >= 15 is 0 Å². The van der Waals surface area contributed by atoms with E-state index in [-0.39, 0.29) is 29.7 Å². The third-order valence-electron chi connectivity index (χ3n) is 4.09. The summed E-state index contributed by atoms with van der Waals surface area (Å²) >= 11 is 0. The number of aryl methyl sites for hydroxylation is 1. The number of phenolic OH excluding ortho intramolecular Hbond substituents is 1. The Kier molecular flexibility index (Phi) is 5.85. The molecule has 0 radical (unpaired) electrons. The first-order chi connectivity index (χ1) is 11.8. The van der Waals surface area contributed by atoms with Gasteiger partial charge in [-0.15, -0.1) is 0 Å². The van der Waals surface area contributed by atoms with Crippen LogP contribution in [0.2, 0.25) is 0 Å². The normalized spacial score (nSPS) is 10.8. The van der Waals surface area contributed by atoms with Gasteiger partial charge >= 0.3 is 0 Å². The van der Waals surface area contributed by atoms with E-state index in [1.54, 1.807) is 18.2 Å². The summed E-state index contributed by atoms with van der Waals surface area (Å²) in [6, 6.07) is 8.51. The first-order valence-corrected chi connectivity index (χ1v) is 8.35. The van der Waals surface area contributed by atoms with E-state index in [1.807, 2.05) is 19.9 Å². The minimum absolute atomic E-state index is 0.0647. The number of benzene rings is 1. The highest BCUT2D eigenvalue weighted by Gasteiger charge is 2.17. The van der Waals surface area contributed by atoms with Gasteiger partial charge in [0.2, 0.25) is 0 Å². The number of para-hydroxylation sites is 1. The third-order valence-corrected chi connectivity index (χ3v) is 4.09. The average molecular weight is 343 g/mol. The standard InChI is InChI=1S/C19H25N3O3/c1-12(2)22-13(3)11-16(14(22)4)19(25)21-10-9-20-18(24)15-7-5-6-8-17(15)23/h5-8,11-12,23H,9-10H2,1-4H3,(H,20,24)(H,21,25). The molecule has 0 atom stereocenters. The summed E-state index contributed by atoms with van der Waals surface area (Å²) in [5, 5.41) is 15.1. The number of hydrogen-bond acceptors (Lipinski definition) is 3. The molecular weight excluding hydrogens is 318 g/mol. The molecule has 6 nitrogen and oxygen atoms in total. The van der Waals surface area contributed by atoms with Gasteiger partial charge in [0.25, 0.3) is 11.8 Å². The lowest BCUT2D eigenvalue weighted by atomic mass is 10.2. The molecule has 0 fully saturated rings. The number of carbonyl (C=O) groups excluding carboxylic acids is 2. The van der Waals surface area contributed by atoms with Crippen LogP contribution < -0.4 is 10.6 Å². The van der Waals surface area contributed by atoms with E-state index < -0.39 is 0 Å². The molecule has 3 N–H and O–H groups in total. The maximum atomic E-state index is 12.3. The average Bonchev–Trinajstić information content (AvgIpc) is 2.86. The van der Waals surface area contributed by atoms with Crippen LogP contribution in [0.25, 0.3) is 0 Å². The second-order valence-electron chi connectivity index (χ2n) is 6.28. The molecule has 1 heterocycles. The summed E-state index contributed by atoms with van der Waals surface area (Å²) in [7, 11) is 0. The molecule has 0 aliphatic heterocycles. The van der Waals surface area contributed by atoms with Crippen LogP contribution in [0, 0.1) is 13.8 Å². The molecule has 2 aromatic rings. The summed E-state index contributed by atoms with van der Waals surface area (Å²) < 4.78 is 2.12. The maximum Gasteiger partial charge on any atom is 0.255 e. The largest absolute Gasteiger partial charge is 0.507 e. The van der Waals surface area contributed by atoms with E-state index in [1.165, 1.54) is 6.07 Å². The fourth-order valence-electron chi connectivity index (χ4n) is 3.01. The minimum atomic E-state index is -0.370. The van der Waals surface area contributed by atoms with Gasteiger partial charge in [-0.25, -0.2) is 0 Å². The Hall–Kier alpha value is -2.76. The van der Waals surface area contributed by atoms with E-state index in [2.05, 4.69) is 29.0 Å². The zero-order valence-electron chi connectivity index (χ0n) is 15.1. The van der Waals surface area contributed by atoms with Crippen molar-refractivity contribution in [3.63, 3.8) is 0 Å². The summed E-state index contributed by atoms with van der Waals surface area (Å²) in [5.74, 6) is -0.590. The van der Waals surface area contributed by atoms with Gasteiger partial charge in [-0.3, -0.25) is 9.59 Å². The van der Waals surface area contributed by atoms with Crippen LogP contribution in [0.4, 0.5) is 0 Å². The van der Waals surface area contributed by atoms with Gasteiger partial charge < -0.3 is 20.3 Å². The Morgan fingerprint density at radius 2 is 1.60 bits per heavy atom.